The Bertz CT molecular complexity index is 885. The van der Waals surface area contributed by atoms with E-state index < -0.39 is 15.8 Å². The zero-order valence-electron chi connectivity index (χ0n) is 13.1. The number of aryl methyl sites for hydroxylation is 1. The predicted molar refractivity (Wildman–Crippen MR) is 91.4 cm³/mol. The van der Waals surface area contributed by atoms with Gasteiger partial charge < -0.3 is 5.32 Å². The SMILES string of the molecule is CCNC(=O)c1cc(S(=O)(=O)Nc2ccc(F)c(Cl)c2)ccc1C. The monoisotopic (exact) mass is 370 g/mol. The van der Waals surface area contributed by atoms with Crippen LogP contribution in [0.25, 0.3) is 0 Å². The van der Waals surface area contributed by atoms with Gasteiger partial charge in [0.2, 0.25) is 0 Å². The summed E-state index contributed by atoms with van der Waals surface area (Å²) in [6, 6.07) is 7.75. The van der Waals surface area contributed by atoms with Crippen molar-refractivity contribution < 1.29 is 17.6 Å². The minimum absolute atomic E-state index is 0.0743. The lowest BCUT2D eigenvalue weighted by atomic mass is 10.1. The third-order valence-corrected chi connectivity index (χ3v) is 4.94. The molecule has 0 unspecified atom stereocenters. The molecule has 0 aliphatic heterocycles. The number of anilines is 1. The molecule has 0 atom stereocenters. The fourth-order valence-electron chi connectivity index (χ4n) is 2.04. The number of carbonyl (C=O) groups excluding carboxylic acids is 1. The van der Waals surface area contributed by atoms with Crippen LogP contribution in [-0.4, -0.2) is 20.9 Å². The normalized spacial score (nSPS) is 11.2. The van der Waals surface area contributed by atoms with Gasteiger partial charge in [-0.3, -0.25) is 9.52 Å². The average molecular weight is 371 g/mol. The molecule has 1 amide bonds. The second kappa shape index (κ2) is 7.19. The van der Waals surface area contributed by atoms with Crippen molar-refractivity contribution in [2.24, 2.45) is 0 Å². The first-order valence-corrected chi connectivity index (χ1v) is 8.97. The van der Waals surface area contributed by atoms with Crippen LogP contribution in [0, 0.1) is 12.7 Å². The van der Waals surface area contributed by atoms with Crippen molar-refractivity contribution in [3.8, 4) is 0 Å². The van der Waals surface area contributed by atoms with Gasteiger partial charge in [0.05, 0.1) is 15.6 Å². The zero-order chi connectivity index (χ0) is 17.9. The van der Waals surface area contributed by atoms with Crippen molar-refractivity contribution in [1.82, 2.24) is 5.32 Å². The molecule has 2 aromatic carbocycles. The van der Waals surface area contributed by atoms with Gasteiger partial charge in [-0.05, 0) is 49.7 Å². The molecule has 0 saturated carbocycles. The third-order valence-electron chi connectivity index (χ3n) is 3.27. The van der Waals surface area contributed by atoms with Crippen LogP contribution >= 0.6 is 11.6 Å². The van der Waals surface area contributed by atoms with Crippen molar-refractivity contribution >= 4 is 33.2 Å². The highest BCUT2D eigenvalue weighted by Gasteiger charge is 2.18. The van der Waals surface area contributed by atoms with Crippen LogP contribution in [0.2, 0.25) is 5.02 Å². The maximum atomic E-state index is 13.2. The fourth-order valence-corrected chi connectivity index (χ4v) is 3.30. The molecule has 0 fully saturated rings. The maximum Gasteiger partial charge on any atom is 0.261 e. The summed E-state index contributed by atoms with van der Waals surface area (Å²) in [6.45, 7) is 3.92. The molecule has 8 heteroatoms. The van der Waals surface area contributed by atoms with Crippen LogP contribution in [0.5, 0.6) is 0 Å². The fraction of sp³-hybridized carbons (Fsp3) is 0.188. The first kappa shape index (κ1) is 18.2. The van der Waals surface area contributed by atoms with Crippen molar-refractivity contribution in [2.45, 2.75) is 18.7 Å². The molecule has 5 nitrogen and oxygen atoms in total. The van der Waals surface area contributed by atoms with E-state index in [4.69, 9.17) is 11.6 Å². The lowest BCUT2D eigenvalue weighted by Gasteiger charge is -2.11. The molecule has 0 heterocycles. The number of amides is 1. The molecular formula is C16H16ClFN2O3S. The highest BCUT2D eigenvalue weighted by atomic mass is 35.5. The number of sulfonamides is 1. The maximum absolute atomic E-state index is 13.2. The second-order valence-corrected chi connectivity index (χ2v) is 7.16. The Balaban J connectivity index is 2.36. The van der Waals surface area contributed by atoms with Crippen LogP contribution in [0.4, 0.5) is 10.1 Å². The summed E-state index contributed by atoms with van der Waals surface area (Å²) in [4.78, 5) is 11.9. The summed E-state index contributed by atoms with van der Waals surface area (Å²) in [7, 11) is -3.94. The molecule has 0 aliphatic rings. The minimum Gasteiger partial charge on any atom is -0.352 e. The molecule has 24 heavy (non-hydrogen) atoms. The van der Waals surface area contributed by atoms with Gasteiger partial charge in [0.25, 0.3) is 15.9 Å². The van der Waals surface area contributed by atoms with Gasteiger partial charge >= 0.3 is 0 Å². The summed E-state index contributed by atoms with van der Waals surface area (Å²) < 4.78 is 40.4. The number of carbonyl (C=O) groups is 1. The van der Waals surface area contributed by atoms with Crippen LogP contribution < -0.4 is 10.0 Å². The lowest BCUT2D eigenvalue weighted by molar-refractivity contribution is 0.0955. The first-order valence-electron chi connectivity index (χ1n) is 7.11. The van der Waals surface area contributed by atoms with E-state index in [0.717, 1.165) is 6.07 Å². The molecule has 0 bridgehead atoms. The van der Waals surface area contributed by atoms with Crippen LogP contribution in [0.3, 0.4) is 0 Å². The smallest absolute Gasteiger partial charge is 0.261 e. The lowest BCUT2D eigenvalue weighted by Crippen LogP contribution is -2.24. The van der Waals surface area contributed by atoms with E-state index in [-0.39, 0.29) is 27.1 Å². The molecular weight excluding hydrogens is 355 g/mol. The summed E-state index contributed by atoms with van der Waals surface area (Å²) in [5, 5.41) is 2.44. The van der Waals surface area contributed by atoms with Gasteiger partial charge in [-0.25, -0.2) is 12.8 Å². The minimum atomic E-state index is -3.94. The number of rotatable bonds is 5. The van der Waals surface area contributed by atoms with Gasteiger partial charge in [0.1, 0.15) is 5.82 Å². The summed E-state index contributed by atoms with van der Waals surface area (Å²) >= 11 is 5.65. The van der Waals surface area contributed by atoms with E-state index in [2.05, 4.69) is 10.0 Å². The number of hydrogen-bond donors (Lipinski definition) is 2. The Hall–Kier alpha value is -2.12. The van der Waals surface area contributed by atoms with Gasteiger partial charge in [-0.1, -0.05) is 17.7 Å². The van der Waals surface area contributed by atoms with Gasteiger partial charge in [0, 0.05) is 12.1 Å². The number of halogens is 2. The number of nitrogens with one attached hydrogen (secondary N) is 2. The van der Waals surface area contributed by atoms with E-state index in [0.29, 0.717) is 12.1 Å². The molecule has 128 valence electrons. The van der Waals surface area contributed by atoms with E-state index in [1.807, 2.05) is 0 Å². The Kier molecular flexibility index (Phi) is 5.46. The van der Waals surface area contributed by atoms with Crippen molar-refractivity contribution in [3.63, 3.8) is 0 Å². The standard InChI is InChI=1S/C16H16ClFN2O3S/c1-3-19-16(21)13-9-12(6-4-10(13)2)24(22,23)20-11-5-7-15(18)14(17)8-11/h4-9,20H,3H2,1-2H3,(H,19,21). The van der Waals surface area contributed by atoms with Crippen LogP contribution in [0.1, 0.15) is 22.8 Å². The molecule has 0 aromatic heterocycles. The van der Waals surface area contributed by atoms with E-state index in [9.17, 15) is 17.6 Å². The van der Waals surface area contributed by atoms with Crippen molar-refractivity contribution in [1.29, 1.82) is 0 Å². The van der Waals surface area contributed by atoms with Gasteiger partial charge in [-0.15, -0.1) is 0 Å². The molecule has 0 saturated heterocycles. The largest absolute Gasteiger partial charge is 0.352 e. The summed E-state index contributed by atoms with van der Waals surface area (Å²) in [6.07, 6.45) is 0. The molecule has 0 aliphatic carbocycles. The molecule has 0 spiro atoms. The van der Waals surface area contributed by atoms with E-state index >= 15 is 0 Å². The molecule has 0 radical (unpaired) electrons. The zero-order valence-corrected chi connectivity index (χ0v) is 14.6. The van der Waals surface area contributed by atoms with Gasteiger partial charge in [0.15, 0.2) is 0 Å². The number of hydrogen-bond acceptors (Lipinski definition) is 3. The quantitative estimate of drug-likeness (QED) is 0.847. The first-order chi connectivity index (χ1) is 11.2. The van der Waals surface area contributed by atoms with Crippen molar-refractivity contribution in [3.05, 3.63) is 58.4 Å². The third kappa shape index (κ3) is 4.04. The Morgan fingerprint density at radius 3 is 2.54 bits per heavy atom. The van der Waals surface area contributed by atoms with E-state index in [1.54, 1.807) is 19.9 Å². The van der Waals surface area contributed by atoms with E-state index in [1.165, 1.54) is 24.3 Å². The highest BCUT2D eigenvalue weighted by Crippen LogP contribution is 2.23. The molecule has 2 N–H and O–H groups in total. The molecule has 2 rings (SSSR count). The highest BCUT2D eigenvalue weighted by molar-refractivity contribution is 7.92. The summed E-state index contributed by atoms with van der Waals surface area (Å²) in [5.74, 6) is -0.995. The topological polar surface area (TPSA) is 75.3 Å². The molecule has 2 aromatic rings. The number of benzene rings is 2. The summed E-state index contributed by atoms with van der Waals surface area (Å²) in [5.41, 5.74) is 1.06. The Morgan fingerprint density at radius 2 is 1.92 bits per heavy atom. The predicted octanol–water partition coefficient (Wildman–Crippen LogP) is 3.34. The van der Waals surface area contributed by atoms with Crippen LogP contribution in [0.15, 0.2) is 41.3 Å². The average Bonchev–Trinajstić information content (AvgIpc) is 2.51. The Morgan fingerprint density at radius 1 is 1.21 bits per heavy atom. The second-order valence-electron chi connectivity index (χ2n) is 5.07. The van der Waals surface area contributed by atoms with Gasteiger partial charge in [-0.2, -0.15) is 0 Å². The Labute approximate surface area is 144 Å². The van der Waals surface area contributed by atoms with Crippen LogP contribution in [-0.2, 0) is 10.0 Å². The van der Waals surface area contributed by atoms with Crippen molar-refractivity contribution in [2.75, 3.05) is 11.3 Å².